The Hall–Kier alpha value is 0.870. The molecule has 164 valence electrons. The van der Waals surface area contributed by atoms with Crippen LogP contribution in [0.5, 0.6) is 0 Å². The fraction of sp³-hybridized carbons (Fsp3) is 1.00. The van der Waals surface area contributed by atoms with Gasteiger partial charge in [0.15, 0.2) is 0 Å². The molecular weight excluding hydrogens is 383 g/mol. The Morgan fingerprint density at radius 2 is 0.964 bits per heavy atom. The molecule has 2 atom stereocenters. The maximum absolute atomic E-state index is 11.4. The Kier molecular flexibility index (Phi) is 23.4. The van der Waals surface area contributed by atoms with E-state index < -0.39 is 15.4 Å². The first-order chi connectivity index (χ1) is 12.9. The Morgan fingerprint density at radius 1 is 0.643 bits per heavy atom. The van der Waals surface area contributed by atoms with Crippen molar-refractivity contribution in [2.75, 3.05) is 0 Å². The van der Waals surface area contributed by atoms with E-state index >= 15 is 0 Å². The van der Waals surface area contributed by atoms with E-state index in [1.807, 2.05) is 0 Å². The predicted octanol–water partition coefficient (Wildman–Crippen LogP) is 3.33. The number of aliphatic hydroxyl groups is 1. The molecule has 0 aliphatic rings. The molecule has 28 heavy (non-hydrogen) atoms. The topological polar surface area (TPSA) is 77.4 Å². The van der Waals surface area contributed by atoms with Gasteiger partial charge in [0.2, 0.25) is 0 Å². The molecule has 0 aromatic carbocycles. The zero-order chi connectivity index (χ0) is 20.4. The second kappa shape index (κ2) is 21.1. The summed E-state index contributed by atoms with van der Waals surface area (Å²) in [5.74, 6) is 0. The van der Waals surface area contributed by atoms with Crippen LogP contribution in [-0.4, -0.2) is 29.4 Å². The smallest absolute Gasteiger partial charge is 0.748 e. The number of hydrogen-bond donors (Lipinski definition) is 1. The van der Waals surface area contributed by atoms with Crippen molar-refractivity contribution in [3.05, 3.63) is 0 Å². The van der Waals surface area contributed by atoms with E-state index in [4.69, 9.17) is 0 Å². The van der Waals surface area contributed by atoms with Gasteiger partial charge in [0.1, 0.15) is 0 Å². The summed E-state index contributed by atoms with van der Waals surface area (Å²) in [4.78, 5) is 0. The normalized spacial score (nSPS) is 13.9. The van der Waals surface area contributed by atoms with Gasteiger partial charge in [-0.25, -0.2) is 8.42 Å². The van der Waals surface area contributed by atoms with Crippen molar-refractivity contribution in [2.24, 2.45) is 0 Å². The zero-order valence-electron chi connectivity index (χ0n) is 19.0. The molecule has 6 heteroatoms. The molecule has 0 saturated carbocycles. The third-order valence-corrected chi connectivity index (χ3v) is 6.78. The Labute approximate surface area is 197 Å². The molecule has 0 spiro atoms. The molecule has 0 heterocycles. The number of rotatable bonds is 20. The van der Waals surface area contributed by atoms with Gasteiger partial charge in [0.05, 0.1) is 16.2 Å². The Morgan fingerprint density at radius 3 is 1.39 bits per heavy atom. The fourth-order valence-corrected chi connectivity index (χ4v) is 4.55. The van der Waals surface area contributed by atoms with Crippen LogP contribution in [0.15, 0.2) is 0 Å². The molecular formula is C22H45NaO4S. The van der Waals surface area contributed by atoms with Crippen LogP contribution in [0.3, 0.4) is 0 Å². The average Bonchev–Trinajstić information content (AvgIpc) is 2.61. The van der Waals surface area contributed by atoms with Crippen molar-refractivity contribution in [1.29, 1.82) is 0 Å². The molecule has 0 bridgehead atoms. The number of unbranched alkanes of at least 4 members (excludes halogenated alkanes) is 11. The first-order valence-electron chi connectivity index (χ1n) is 11.5. The largest absolute Gasteiger partial charge is 1.00 e. The molecule has 0 aromatic rings. The van der Waals surface area contributed by atoms with Crippen LogP contribution in [0.1, 0.15) is 129 Å². The molecule has 0 aromatic heterocycles. The molecule has 4 nitrogen and oxygen atoms in total. The average molecular weight is 429 g/mol. The van der Waals surface area contributed by atoms with Crippen molar-refractivity contribution in [3.8, 4) is 0 Å². The molecule has 0 amide bonds. The van der Waals surface area contributed by atoms with Gasteiger partial charge < -0.3 is 9.66 Å². The molecule has 0 aliphatic carbocycles. The van der Waals surface area contributed by atoms with Gasteiger partial charge in [-0.15, -0.1) is 0 Å². The van der Waals surface area contributed by atoms with E-state index in [9.17, 15) is 18.1 Å². The predicted molar refractivity (Wildman–Crippen MR) is 114 cm³/mol. The van der Waals surface area contributed by atoms with Crippen LogP contribution in [0.4, 0.5) is 0 Å². The van der Waals surface area contributed by atoms with Gasteiger partial charge >= 0.3 is 29.6 Å². The van der Waals surface area contributed by atoms with Crippen LogP contribution in [0.25, 0.3) is 0 Å². The van der Waals surface area contributed by atoms with Crippen molar-refractivity contribution in [3.63, 3.8) is 0 Å². The number of hydrogen-bond acceptors (Lipinski definition) is 4. The van der Waals surface area contributed by atoms with Gasteiger partial charge in [0, 0.05) is 5.25 Å². The molecule has 0 rings (SSSR count). The standard InChI is InChI=1S/C22H46O4S.Na/c1-3-5-7-15-19-22(27(24,25)26)20-16-12-10-8-9-11-14-18-21(23)17-13-6-4-2;/h21-23H,3-20H2,1-2H3,(H,24,25,26);/q;+1/p-1. The molecule has 0 fully saturated rings. The van der Waals surface area contributed by atoms with E-state index in [2.05, 4.69) is 13.8 Å². The van der Waals surface area contributed by atoms with E-state index in [-0.39, 0.29) is 35.7 Å². The summed E-state index contributed by atoms with van der Waals surface area (Å²) < 4.78 is 34.2. The summed E-state index contributed by atoms with van der Waals surface area (Å²) in [5, 5.41) is 9.21. The summed E-state index contributed by atoms with van der Waals surface area (Å²) in [5.41, 5.74) is 0. The van der Waals surface area contributed by atoms with Crippen LogP contribution in [0, 0.1) is 0 Å². The van der Waals surface area contributed by atoms with E-state index in [0.717, 1.165) is 77.0 Å². The third kappa shape index (κ3) is 20.2. The van der Waals surface area contributed by atoms with Crippen LogP contribution in [0.2, 0.25) is 0 Å². The van der Waals surface area contributed by atoms with Gasteiger partial charge in [-0.2, -0.15) is 0 Å². The minimum Gasteiger partial charge on any atom is -0.748 e. The maximum atomic E-state index is 11.4. The summed E-state index contributed by atoms with van der Waals surface area (Å²) in [6.45, 7) is 4.30. The van der Waals surface area contributed by atoms with E-state index in [1.165, 1.54) is 25.7 Å². The molecule has 0 radical (unpaired) electrons. The summed E-state index contributed by atoms with van der Waals surface area (Å²) >= 11 is 0. The van der Waals surface area contributed by atoms with Crippen molar-refractivity contribution in [2.45, 2.75) is 141 Å². The first kappa shape index (κ1) is 31.1. The summed E-state index contributed by atoms with van der Waals surface area (Å²) in [6, 6.07) is 0. The van der Waals surface area contributed by atoms with Gasteiger partial charge in [-0.3, -0.25) is 0 Å². The summed E-state index contributed by atoms with van der Waals surface area (Å²) in [6.07, 6.45) is 18.0. The second-order valence-electron chi connectivity index (χ2n) is 8.17. The summed E-state index contributed by atoms with van der Waals surface area (Å²) in [7, 11) is -4.15. The first-order valence-corrected chi connectivity index (χ1v) is 13.0. The van der Waals surface area contributed by atoms with E-state index in [1.54, 1.807) is 0 Å². The van der Waals surface area contributed by atoms with Crippen LogP contribution in [-0.2, 0) is 10.1 Å². The van der Waals surface area contributed by atoms with Crippen molar-refractivity contribution in [1.82, 2.24) is 0 Å². The second-order valence-corrected chi connectivity index (χ2v) is 9.82. The maximum Gasteiger partial charge on any atom is 1.00 e. The van der Waals surface area contributed by atoms with Gasteiger partial charge in [0.25, 0.3) is 0 Å². The minimum atomic E-state index is -4.15. The van der Waals surface area contributed by atoms with Crippen LogP contribution >= 0.6 is 0 Å². The fourth-order valence-electron chi connectivity index (χ4n) is 3.64. The molecule has 2 unspecified atom stereocenters. The van der Waals surface area contributed by atoms with Gasteiger partial charge in [-0.1, -0.05) is 104 Å². The quantitative estimate of drug-likeness (QED) is 0.183. The molecule has 0 saturated heterocycles. The van der Waals surface area contributed by atoms with Crippen molar-refractivity contribution < 1.29 is 47.6 Å². The van der Waals surface area contributed by atoms with Crippen LogP contribution < -0.4 is 29.6 Å². The zero-order valence-corrected chi connectivity index (χ0v) is 21.8. The molecule has 0 aliphatic heterocycles. The molecule has 1 N–H and O–H groups in total. The Balaban J connectivity index is 0. The minimum absolute atomic E-state index is 0. The third-order valence-electron chi connectivity index (χ3n) is 5.49. The van der Waals surface area contributed by atoms with E-state index in [0.29, 0.717) is 12.8 Å². The Bertz CT molecular complexity index is 415. The number of aliphatic hydroxyl groups excluding tert-OH is 1. The SMILES string of the molecule is CCCCCCC(CCCCCCCCCC(O)CCCCC)S(=O)(=O)[O-].[Na+]. The van der Waals surface area contributed by atoms with Crippen molar-refractivity contribution >= 4 is 10.1 Å². The monoisotopic (exact) mass is 428 g/mol. The van der Waals surface area contributed by atoms with Gasteiger partial charge in [-0.05, 0) is 25.7 Å².